The van der Waals surface area contributed by atoms with Crippen LogP contribution < -0.4 is 14.4 Å². The first kappa shape index (κ1) is 42.4. The molecule has 2 aliphatic heterocycles. The molecule has 0 unspecified atom stereocenters. The van der Waals surface area contributed by atoms with Crippen LogP contribution in [0.15, 0.2) is 30.6 Å². The molecule has 7 rings (SSSR count). The first-order valence-corrected chi connectivity index (χ1v) is 23.2. The van der Waals surface area contributed by atoms with Crippen LogP contribution >= 0.6 is 0 Å². The number of imidazole rings is 1. The van der Waals surface area contributed by atoms with Crippen molar-refractivity contribution in [2.75, 3.05) is 38.5 Å². The summed E-state index contributed by atoms with van der Waals surface area (Å²) in [6, 6.07) is 6.91. The molecule has 4 aromatic rings. The molecule has 14 heteroatoms. The van der Waals surface area contributed by atoms with E-state index in [1.807, 2.05) is 42.4 Å². The molecule has 0 N–H and O–H groups in total. The van der Waals surface area contributed by atoms with Crippen molar-refractivity contribution in [3.8, 4) is 23.1 Å². The van der Waals surface area contributed by atoms with E-state index >= 15 is 4.39 Å². The molecule has 2 bridgehead atoms. The Kier molecular flexibility index (Phi) is 11.8. The number of halogens is 1. The Morgan fingerprint density at radius 1 is 1.02 bits per heavy atom. The van der Waals surface area contributed by atoms with Gasteiger partial charge in [0.2, 0.25) is 11.8 Å². The van der Waals surface area contributed by atoms with Crippen molar-refractivity contribution < 1.29 is 32.9 Å². The molecule has 3 aliphatic rings. The van der Waals surface area contributed by atoms with Crippen molar-refractivity contribution in [1.82, 2.24) is 24.4 Å². The summed E-state index contributed by atoms with van der Waals surface area (Å²) in [4.78, 5) is 44.0. The second-order valence-corrected chi connectivity index (χ2v) is 24.2. The first-order chi connectivity index (χ1) is 28.0. The molecule has 2 atom stereocenters. The molecule has 1 aliphatic carbocycles. The van der Waals surface area contributed by atoms with Crippen LogP contribution in [0.1, 0.15) is 99.1 Å². The van der Waals surface area contributed by atoms with E-state index in [-0.39, 0.29) is 49.8 Å². The van der Waals surface area contributed by atoms with Gasteiger partial charge < -0.3 is 33.2 Å². The maximum atomic E-state index is 16.2. The lowest BCUT2D eigenvalue weighted by Gasteiger charge is -2.41. The summed E-state index contributed by atoms with van der Waals surface area (Å²) in [5, 5.41) is 1.49. The number of piperazine rings is 1. The van der Waals surface area contributed by atoms with E-state index in [4.69, 9.17) is 33.9 Å². The van der Waals surface area contributed by atoms with Crippen molar-refractivity contribution >= 4 is 48.3 Å². The highest BCUT2D eigenvalue weighted by molar-refractivity contribution is 6.90. The number of anilines is 1. The number of carbonyl (C=O) groups is 2. The van der Waals surface area contributed by atoms with Gasteiger partial charge in [-0.1, -0.05) is 53.5 Å². The van der Waals surface area contributed by atoms with Gasteiger partial charge in [0.15, 0.2) is 18.0 Å². The molecule has 2 aromatic carbocycles. The molecule has 1 saturated carbocycles. The van der Waals surface area contributed by atoms with Gasteiger partial charge in [-0.3, -0.25) is 4.90 Å². The predicted molar refractivity (Wildman–Crippen MR) is 229 cm³/mol. The topological polar surface area (TPSA) is 121 Å². The largest absolute Gasteiger partial charge is 0.475 e. The lowest BCUT2D eigenvalue weighted by Crippen LogP contribution is -2.57. The number of rotatable bonds is 13. The predicted octanol–water partition coefficient (Wildman–Crippen LogP) is 8.67. The molecule has 2 aromatic heterocycles. The van der Waals surface area contributed by atoms with E-state index in [0.29, 0.717) is 63.5 Å². The fraction of sp³-hybridized carbons (Fsp3) is 0.578. The van der Waals surface area contributed by atoms with Crippen LogP contribution in [0, 0.1) is 22.7 Å². The van der Waals surface area contributed by atoms with Crippen LogP contribution in [0.4, 0.5) is 15.1 Å². The standard InChI is InChI=1S/C45H59FN6O6Si/c1-28(2)59(29(3)4,30(5)6)18-15-36-37(46)14-11-31-19-35(57-27-55-10)20-32(38(31)36)21-51-26-47-39-40(51)48-42(49-41(39)56-25-45(24-53)16-17-45)50-22-33-12-13-34(23-50)52(33)43(54)58-44(7,8)9/h11,14,19-20,24,26,28-30,33-34H,12-13,16-17,21-23,25,27H2,1-10H3/t33-,34+. The van der Waals surface area contributed by atoms with Crippen molar-refractivity contribution in [2.24, 2.45) is 5.41 Å². The summed E-state index contributed by atoms with van der Waals surface area (Å²) in [7, 11) is -0.646. The molecular weight excluding hydrogens is 768 g/mol. The minimum atomic E-state index is -2.21. The van der Waals surface area contributed by atoms with Gasteiger partial charge in [0.1, 0.15) is 38.1 Å². The molecule has 4 heterocycles. The van der Waals surface area contributed by atoms with E-state index < -0.39 is 19.1 Å². The molecule has 12 nitrogen and oxygen atoms in total. The lowest BCUT2D eigenvalue weighted by atomic mass is 9.98. The Hall–Kier alpha value is -4.74. The summed E-state index contributed by atoms with van der Waals surface area (Å²) < 4.78 is 41.5. The minimum absolute atomic E-state index is 0.0425. The molecular formula is C45H59FN6O6Si. The van der Waals surface area contributed by atoms with Crippen LogP contribution in [0.3, 0.4) is 0 Å². The fourth-order valence-electron chi connectivity index (χ4n) is 9.36. The molecule has 316 valence electrons. The van der Waals surface area contributed by atoms with Crippen LogP contribution in [0.2, 0.25) is 16.6 Å². The quantitative estimate of drug-likeness (QED) is 0.0561. The zero-order valence-electron chi connectivity index (χ0n) is 36.2. The van der Waals surface area contributed by atoms with Gasteiger partial charge in [-0.05, 0) is 92.2 Å². The van der Waals surface area contributed by atoms with E-state index in [0.717, 1.165) is 42.9 Å². The fourth-order valence-corrected chi connectivity index (χ4v) is 14.6. The lowest BCUT2D eigenvalue weighted by molar-refractivity contribution is -0.113. The number of benzene rings is 2. The van der Waals surface area contributed by atoms with Gasteiger partial charge >= 0.3 is 6.09 Å². The molecule has 0 radical (unpaired) electrons. The van der Waals surface area contributed by atoms with Gasteiger partial charge in [0.05, 0.1) is 35.9 Å². The smallest absolute Gasteiger partial charge is 0.410 e. The first-order valence-electron chi connectivity index (χ1n) is 21.0. The highest BCUT2D eigenvalue weighted by Crippen LogP contribution is 2.44. The molecule has 3 fully saturated rings. The number of aldehydes is 1. The van der Waals surface area contributed by atoms with E-state index in [1.54, 1.807) is 19.5 Å². The van der Waals surface area contributed by atoms with Crippen molar-refractivity contribution in [2.45, 2.75) is 129 Å². The zero-order valence-corrected chi connectivity index (χ0v) is 37.2. The van der Waals surface area contributed by atoms with Gasteiger partial charge in [-0.25, -0.2) is 14.2 Å². The SMILES string of the molecule is COCOc1cc(Cn2cnc3c(OCC4(C=O)CC4)nc(N4C[C@H]5CC[C@@H](C4)N5C(=O)OC(C)(C)C)nc32)c2c(C#C[Si](C(C)C)(C(C)C)C(C)C)c(F)ccc2c1. The van der Waals surface area contributed by atoms with Crippen molar-refractivity contribution in [1.29, 1.82) is 0 Å². The van der Waals surface area contributed by atoms with E-state index in [2.05, 4.69) is 57.9 Å². The number of ether oxygens (including phenoxy) is 4. The number of hydrogen-bond donors (Lipinski definition) is 0. The van der Waals surface area contributed by atoms with Gasteiger partial charge in [-0.2, -0.15) is 9.97 Å². The number of nitrogens with zero attached hydrogens (tertiary/aromatic N) is 6. The Bertz CT molecular complexity index is 2250. The summed E-state index contributed by atoms with van der Waals surface area (Å²) in [6.07, 6.45) is 5.56. The third-order valence-corrected chi connectivity index (χ3v) is 18.8. The number of aromatic nitrogens is 4. The van der Waals surface area contributed by atoms with Crippen molar-refractivity contribution in [3.05, 3.63) is 47.5 Å². The van der Waals surface area contributed by atoms with Crippen LogP contribution in [0.25, 0.3) is 21.9 Å². The Labute approximate surface area is 348 Å². The molecule has 59 heavy (non-hydrogen) atoms. The monoisotopic (exact) mass is 826 g/mol. The molecule has 2 saturated heterocycles. The minimum Gasteiger partial charge on any atom is -0.475 e. The van der Waals surface area contributed by atoms with Gasteiger partial charge in [-0.15, -0.1) is 5.54 Å². The zero-order chi connectivity index (χ0) is 42.4. The second kappa shape index (κ2) is 16.4. The van der Waals surface area contributed by atoms with Crippen molar-refractivity contribution in [3.63, 3.8) is 0 Å². The average molecular weight is 827 g/mol. The highest BCUT2D eigenvalue weighted by atomic mass is 28.3. The van der Waals surface area contributed by atoms with E-state index in [1.165, 1.54) is 6.07 Å². The Morgan fingerprint density at radius 3 is 2.29 bits per heavy atom. The number of amides is 1. The number of hydrogen-bond acceptors (Lipinski definition) is 10. The second-order valence-electron chi connectivity index (χ2n) is 18.6. The summed E-state index contributed by atoms with van der Waals surface area (Å²) >= 11 is 0. The number of fused-ring (bicyclic) bond motifs is 4. The highest BCUT2D eigenvalue weighted by Gasteiger charge is 2.46. The Balaban J connectivity index is 1.33. The summed E-state index contributed by atoms with van der Waals surface area (Å²) in [6.45, 7) is 20.6. The third-order valence-electron chi connectivity index (χ3n) is 12.5. The van der Waals surface area contributed by atoms with Crippen LogP contribution in [-0.2, 0) is 20.8 Å². The number of carbonyl (C=O) groups excluding carboxylic acids is 2. The third kappa shape index (κ3) is 8.37. The van der Waals surface area contributed by atoms with Gasteiger partial charge in [0.25, 0.3) is 0 Å². The normalized spacial score (nSPS) is 18.8. The Morgan fingerprint density at radius 2 is 1.69 bits per heavy atom. The number of methoxy groups -OCH3 is 1. The maximum absolute atomic E-state index is 16.2. The van der Waals surface area contributed by atoms with Crippen LogP contribution in [0.5, 0.6) is 11.6 Å². The van der Waals surface area contributed by atoms with Crippen LogP contribution in [-0.4, -0.2) is 96.2 Å². The molecule has 1 amide bonds. The molecule has 0 spiro atoms. The summed E-state index contributed by atoms with van der Waals surface area (Å²) in [5.41, 5.74) is 5.85. The van der Waals surface area contributed by atoms with Gasteiger partial charge in [0, 0.05) is 25.6 Å². The average Bonchev–Trinajstić information content (AvgIpc) is 3.77. The summed E-state index contributed by atoms with van der Waals surface area (Å²) in [5.74, 6) is 4.36. The maximum Gasteiger partial charge on any atom is 0.410 e. The van der Waals surface area contributed by atoms with E-state index in [9.17, 15) is 9.59 Å².